The molecule has 21 heavy (non-hydrogen) atoms. The van der Waals surface area contributed by atoms with Crippen molar-refractivity contribution in [1.82, 2.24) is 9.88 Å². The van der Waals surface area contributed by atoms with Gasteiger partial charge in [-0.15, -0.1) is 0 Å². The molecule has 1 amide bonds. The van der Waals surface area contributed by atoms with Crippen molar-refractivity contribution in [2.75, 3.05) is 18.8 Å². The van der Waals surface area contributed by atoms with E-state index in [1.807, 2.05) is 20.8 Å². The van der Waals surface area contributed by atoms with E-state index in [0.29, 0.717) is 18.8 Å². The lowest BCUT2D eigenvalue weighted by Crippen LogP contribution is -2.35. The van der Waals surface area contributed by atoms with Gasteiger partial charge >= 0.3 is 6.09 Å². The quantitative estimate of drug-likeness (QED) is 0.860. The van der Waals surface area contributed by atoms with Crippen molar-refractivity contribution >= 4 is 16.9 Å². The van der Waals surface area contributed by atoms with Gasteiger partial charge in [0.25, 0.3) is 0 Å². The molecular formula is C15H22N2O3S. The highest BCUT2D eigenvalue weighted by Gasteiger charge is 2.30. The fourth-order valence-corrected chi connectivity index (χ4v) is 3.58. The first kappa shape index (κ1) is 15.9. The van der Waals surface area contributed by atoms with Crippen molar-refractivity contribution in [2.24, 2.45) is 5.92 Å². The summed E-state index contributed by atoms with van der Waals surface area (Å²) in [5, 5.41) is 0. The Morgan fingerprint density at radius 3 is 2.71 bits per heavy atom. The Morgan fingerprint density at radius 2 is 2.10 bits per heavy atom. The van der Waals surface area contributed by atoms with Gasteiger partial charge in [-0.05, 0) is 45.2 Å². The van der Waals surface area contributed by atoms with E-state index in [-0.39, 0.29) is 12.0 Å². The standard InChI is InChI=1S/C15H22N2O3S/c1-15(2,3)20-14(18)17-9-6-12(10-17)11-21(19)13-4-7-16-8-5-13/h4-5,7-8,12H,6,9-11H2,1-3H3/t12-,21-/m1/s1. The summed E-state index contributed by atoms with van der Waals surface area (Å²) in [7, 11) is -1.04. The summed E-state index contributed by atoms with van der Waals surface area (Å²) in [6, 6.07) is 3.55. The second kappa shape index (κ2) is 6.56. The summed E-state index contributed by atoms with van der Waals surface area (Å²) >= 11 is 0. The number of aromatic nitrogens is 1. The molecule has 2 heterocycles. The van der Waals surface area contributed by atoms with Crippen molar-refractivity contribution in [3.63, 3.8) is 0 Å². The molecule has 1 aliphatic rings. The molecule has 1 aromatic rings. The van der Waals surface area contributed by atoms with Crippen LogP contribution in [0.4, 0.5) is 4.79 Å². The van der Waals surface area contributed by atoms with Gasteiger partial charge in [0.05, 0.1) is 10.8 Å². The van der Waals surface area contributed by atoms with Crippen LogP contribution in [0.1, 0.15) is 27.2 Å². The predicted molar refractivity (Wildman–Crippen MR) is 81.4 cm³/mol. The largest absolute Gasteiger partial charge is 0.444 e. The molecule has 0 aliphatic carbocycles. The molecule has 1 aromatic heterocycles. The van der Waals surface area contributed by atoms with Crippen LogP contribution in [0.15, 0.2) is 29.4 Å². The molecule has 0 spiro atoms. The lowest BCUT2D eigenvalue weighted by Gasteiger charge is -2.24. The van der Waals surface area contributed by atoms with Gasteiger partial charge in [-0.3, -0.25) is 9.19 Å². The summed E-state index contributed by atoms with van der Waals surface area (Å²) in [5.41, 5.74) is -0.477. The molecule has 0 radical (unpaired) electrons. The summed E-state index contributed by atoms with van der Waals surface area (Å²) < 4.78 is 17.6. The molecule has 0 bridgehead atoms. The first-order chi connectivity index (χ1) is 9.85. The van der Waals surface area contributed by atoms with Gasteiger partial charge in [0.2, 0.25) is 0 Å². The molecule has 6 heteroatoms. The smallest absolute Gasteiger partial charge is 0.410 e. The van der Waals surface area contributed by atoms with Crippen LogP contribution in [0, 0.1) is 5.92 Å². The number of ether oxygens (including phenoxy) is 1. The van der Waals surface area contributed by atoms with Crippen LogP contribution in [0.25, 0.3) is 0 Å². The van der Waals surface area contributed by atoms with E-state index in [2.05, 4.69) is 4.98 Å². The fraction of sp³-hybridized carbons (Fsp3) is 0.600. The van der Waals surface area contributed by atoms with E-state index in [9.17, 15) is 9.00 Å². The van der Waals surface area contributed by atoms with Crippen molar-refractivity contribution in [1.29, 1.82) is 0 Å². The van der Waals surface area contributed by atoms with Crippen molar-refractivity contribution < 1.29 is 13.7 Å². The van der Waals surface area contributed by atoms with E-state index in [1.54, 1.807) is 29.4 Å². The number of carbonyl (C=O) groups is 1. The van der Waals surface area contributed by atoms with Crippen molar-refractivity contribution in [3.05, 3.63) is 24.5 Å². The Bertz CT molecular complexity index is 513. The van der Waals surface area contributed by atoms with Gasteiger partial charge in [0.1, 0.15) is 5.60 Å². The Morgan fingerprint density at radius 1 is 1.43 bits per heavy atom. The summed E-state index contributed by atoms with van der Waals surface area (Å²) in [5.74, 6) is 0.829. The number of hydrogen-bond acceptors (Lipinski definition) is 4. The lowest BCUT2D eigenvalue weighted by atomic mass is 10.2. The van der Waals surface area contributed by atoms with E-state index in [0.717, 1.165) is 11.3 Å². The molecule has 2 rings (SSSR count). The molecule has 1 aliphatic heterocycles. The van der Waals surface area contributed by atoms with Gasteiger partial charge in [-0.1, -0.05) is 0 Å². The van der Waals surface area contributed by atoms with Crippen LogP contribution >= 0.6 is 0 Å². The first-order valence-corrected chi connectivity index (χ1v) is 8.43. The van der Waals surface area contributed by atoms with Crippen LogP contribution in [0.3, 0.4) is 0 Å². The molecule has 0 N–H and O–H groups in total. The number of likely N-dealkylation sites (tertiary alicyclic amines) is 1. The Labute approximate surface area is 128 Å². The molecule has 116 valence electrons. The Hall–Kier alpha value is -1.43. The first-order valence-electron chi connectivity index (χ1n) is 7.11. The SMILES string of the molecule is CC(C)(C)OC(=O)N1CC[C@@H](C[S@@](=O)c2ccncc2)C1. The van der Waals surface area contributed by atoms with E-state index in [4.69, 9.17) is 4.74 Å². The highest BCUT2D eigenvalue weighted by atomic mass is 32.2. The van der Waals surface area contributed by atoms with Crippen molar-refractivity contribution in [2.45, 2.75) is 37.7 Å². The molecule has 0 unspecified atom stereocenters. The average molecular weight is 310 g/mol. The van der Waals surface area contributed by atoms with Gasteiger partial charge in [-0.25, -0.2) is 4.79 Å². The third kappa shape index (κ3) is 4.81. The molecule has 5 nitrogen and oxygen atoms in total. The molecule has 1 saturated heterocycles. The summed E-state index contributed by atoms with van der Waals surface area (Å²) in [6.07, 6.45) is 3.89. The maximum Gasteiger partial charge on any atom is 0.410 e. The minimum atomic E-state index is -1.04. The number of hydrogen-bond donors (Lipinski definition) is 0. The fourth-order valence-electron chi connectivity index (χ4n) is 2.26. The highest BCUT2D eigenvalue weighted by molar-refractivity contribution is 7.85. The number of pyridine rings is 1. The predicted octanol–water partition coefficient (Wildman–Crippen LogP) is 2.45. The van der Waals surface area contributed by atoms with Gasteiger partial charge in [0.15, 0.2) is 0 Å². The van der Waals surface area contributed by atoms with Crippen LogP contribution < -0.4 is 0 Å². The molecule has 1 fully saturated rings. The van der Waals surface area contributed by atoms with E-state index < -0.39 is 16.4 Å². The number of carbonyl (C=O) groups excluding carboxylic acids is 1. The molecule has 2 atom stereocenters. The highest BCUT2D eigenvalue weighted by Crippen LogP contribution is 2.21. The van der Waals surface area contributed by atoms with Crippen LogP contribution in [-0.4, -0.2) is 44.6 Å². The second-order valence-corrected chi connectivity index (χ2v) is 7.77. The van der Waals surface area contributed by atoms with Gasteiger partial charge < -0.3 is 9.64 Å². The normalized spacial score (nSPS) is 20.3. The maximum atomic E-state index is 12.3. The van der Waals surface area contributed by atoms with Crippen molar-refractivity contribution in [3.8, 4) is 0 Å². The third-order valence-corrected chi connectivity index (χ3v) is 4.81. The number of rotatable bonds is 3. The zero-order chi connectivity index (χ0) is 15.5. The zero-order valence-corrected chi connectivity index (χ0v) is 13.6. The Kier molecular flexibility index (Phi) is 4.98. The monoisotopic (exact) mass is 310 g/mol. The van der Waals surface area contributed by atoms with E-state index in [1.165, 1.54) is 0 Å². The topological polar surface area (TPSA) is 59.5 Å². The third-order valence-electron chi connectivity index (χ3n) is 3.24. The molecule has 0 saturated carbocycles. The zero-order valence-electron chi connectivity index (χ0n) is 12.7. The lowest BCUT2D eigenvalue weighted by molar-refractivity contribution is 0.0289. The minimum Gasteiger partial charge on any atom is -0.444 e. The van der Waals surface area contributed by atoms with Gasteiger partial charge in [-0.2, -0.15) is 0 Å². The average Bonchev–Trinajstić information content (AvgIpc) is 2.86. The number of amides is 1. The molecule has 0 aromatic carbocycles. The van der Waals surface area contributed by atoms with Crippen LogP contribution in [-0.2, 0) is 15.5 Å². The summed E-state index contributed by atoms with van der Waals surface area (Å²) in [4.78, 5) is 18.4. The Balaban J connectivity index is 1.86. The maximum absolute atomic E-state index is 12.3. The van der Waals surface area contributed by atoms with Gasteiger partial charge in [0, 0.05) is 36.1 Å². The van der Waals surface area contributed by atoms with Crippen LogP contribution in [0.5, 0.6) is 0 Å². The minimum absolute atomic E-state index is 0.256. The second-order valence-electron chi connectivity index (χ2n) is 6.28. The summed E-state index contributed by atoms with van der Waals surface area (Å²) in [6.45, 7) is 6.86. The van der Waals surface area contributed by atoms with Crippen LogP contribution in [0.2, 0.25) is 0 Å². The number of nitrogens with zero attached hydrogens (tertiary/aromatic N) is 2. The van der Waals surface area contributed by atoms with E-state index >= 15 is 0 Å². The molecular weight excluding hydrogens is 288 g/mol.